The molecule has 0 saturated heterocycles. The van der Waals surface area contributed by atoms with Crippen LogP contribution in [-0.2, 0) is 13.3 Å². The van der Waals surface area contributed by atoms with E-state index >= 15 is 0 Å². The molecule has 1 rings (SSSR count). The summed E-state index contributed by atoms with van der Waals surface area (Å²) in [6, 6.07) is 14.3. The Hall–Kier alpha value is -0.466. The third kappa shape index (κ3) is 7.61. The van der Waals surface area contributed by atoms with Crippen molar-refractivity contribution in [1.82, 2.24) is 0 Å². The molecule has 1 aromatic rings. The number of hydrogen-bond acceptors (Lipinski definition) is 3. The third-order valence-corrected chi connectivity index (χ3v) is 12.9. The number of benzene rings is 1. The molecular formula is C19H38O3Si2. The zero-order chi connectivity index (χ0) is 18.5. The molecule has 0 aliphatic heterocycles. The summed E-state index contributed by atoms with van der Waals surface area (Å²) in [6.45, 7) is 17.2. The van der Waals surface area contributed by atoms with Gasteiger partial charge < -0.3 is 13.3 Å². The molecule has 0 atom stereocenters. The quantitative estimate of drug-likeness (QED) is 0.538. The van der Waals surface area contributed by atoms with Crippen LogP contribution in [0.1, 0.15) is 41.5 Å². The molecule has 0 saturated carbocycles. The van der Waals surface area contributed by atoms with Gasteiger partial charge in [-0.2, -0.15) is 0 Å². The van der Waals surface area contributed by atoms with Crippen LogP contribution in [0.4, 0.5) is 0 Å². The Balaban J connectivity index is 0.000000561. The van der Waals surface area contributed by atoms with Crippen molar-refractivity contribution in [2.45, 2.75) is 66.2 Å². The Labute approximate surface area is 152 Å². The maximum atomic E-state index is 5.79. The lowest BCUT2D eigenvalue weighted by molar-refractivity contribution is 0.0859. The van der Waals surface area contributed by atoms with Gasteiger partial charge in [-0.3, -0.25) is 0 Å². The van der Waals surface area contributed by atoms with Crippen molar-refractivity contribution in [2.75, 3.05) is 19.8 Å². The average molecular weight is 371 g/mol. The summed E-state index contributed by atoms with van der Waals surface area (Å²) in [7, 11) is -3.34. The minimum atomic E-state index is -2.67. The van der Waals surface area contributed by atoms with Gasteiger partial charge in [-0.25, -0.2) is 0 Å². The van der Waals surface area contributed by atoms with Gasteiger partial charge in [0.1, 0.15) is 0 Å². The Bertz CT molecular complexity index is 383. The number of rotatable bonds is 10. The summed E-state index contributed by atoms with van der Waals surface area (Å²) < 4.78 is 17.4. The Morgan fingerprint density at radius 3 is 1.29 bits per heavy atom. The van der Waals surface area contributed by atoms with Gasteiger partial charge in [0.25, 0.3) is 0 Å². The van der Waals surface area contributed by atoms with Crippen molar-refractivity contribution < 1.29 is 13.3 Å². The highest BCUT2D eigenvalue weighted by atomic mass is 28.4. The second-order valence-corrected chi connectivity index (χ2v) is 14.4. The fourth-order valence-electron chi connectivity index (χ4n) is 2.34. The lowest BCUT2D eigenvalue weighted by Crippen LogP contribution is -2.56. The van der Waals surface area contributed by atoms with E-state index in [9.17, 15) is 0 Å². The lowest BCUT2D eigenvalue weighted by Gasteiger charge is -2.28. The Morgan fingerprint density at radius 2 is 1.04 bits per heavy atom. The van der Waals surface area contributed by atoms with Gasteiger partial charge in [0.05, 0.1) is 0 Å². The minimum absolute atomic E-state index is 0.598. The van der Waals surface area contributed by atoms with Crippen molar-refractivity contribution in [3.63, 3.8) is 0 Å². The van der Waals surface area contributed by atoms with Gasteiger partial charge in [-0.15, -0.1) is 0 Å². The van der Waals surface area contributed by atoms with E-state index in [2.05, 4.69) is 27.3 Å². The van der Waals surface area contributed by atoms with E-state index in [1.54, 1.807) is 0 Å². The normalized spacial score (nSPS) is 11.8. The van der Waals surface area contributed by atoms with Crippen LogP contribution in [0.5, 0.6) is 0 Å². The van der Waals surface area contributed by atoms with Crippen molar-refractivity contribution in [3.05, 3.63) is 30.3 Å². The second-order valence-electron chi connectivity index (χ2n) is 6.09. The van der Waals surface area contributed by atoms with Gasteiger partial charge in [0.2, 0.25) is 0 Å². The van der Waals surface area contributed by atoms with Crippen LogP contribution < -0.4 is 5.19 Å². The van der Waals surface area contributed by atoms with E-state index in [1.165, 1.54) is 18.1 Å². The largest absolute Gasteiger partial charge is 0.537 e. The molecule has 0 aromatic heterocycles. The Morgan fingerprint density at radius 1 is 0.667 bits per heavy atom. The molecule has 0 aliphatic carbocycles. The van der Waals surface area contributed by atoms with E-state index < -0.39 is 16.9 Å². The smallest absolute Gasteiger partial charge is 0.370 e. The molecule has 0 spiro atoms. The molecule has 0 unspecified atom stereocenters. The monoisotopic (exact) mass is 370 g/mol. The summed E-state index contributed by atoms with van der Waals surface area (Å²) in [5.74, 6) is 0. The SMILES string of the molecule is CCO[Si](OCC)(OCC)c1ccccc1.CC[Si](C)(CC)CC. The fourth-order valence-corrected chi connectivity index (χ4v) is 6.33. The van der Waals surface area contributed by atoms with Crippen LogP contribution in [0, 0.1) is 0 Å². The van der Waals surface area contributed by atoms with Crippen LogP contribution in [-0.4, -0.2) is 36.7 Å². The van der Waals surface area contributed by atoms with Crippen LogP contribution in [0.15, 0.2) is 30.3 Å². The zero-order valence-electron chi connectivity index (χ0n) is 16.9. The van der Waals surface area contributed by atoms with Gasteiger partial charge in [-0.05, 0) is 20.8 Å². The third-order valence-electron chi connectivity index (χ3n) is 4.69. The maximum Gasteiger partial charge on any atom is 0.537 e. The molecule has 0 N–H and O–H groups in total. The number of hydrogen-bond donors (Lipinski definition) is 0. The van der Waals surface area contributed by atoms with Gasteiger partial charge in [0, 0.05) is 33.1 Å². The van der Waals surface area contributed by atoms with Crippen molar-refractivity contribution in [3.8, 4) is 0 Å². The van der Waals surface area contributed by atoms with Crippen LogP contribution in [0.3, 0.4) is 0 Å². The van der Waals surface area contributed by atoms with Crippen molar-refractivity contribution in [2.24, 2.45) is 0 Å². The first-order chi connectivity index (χ1) is 11.5. The predicted octanol–water partition coefficient (Wildman–Crippen LogP) is 5.07. The van der Waals surface area contributed by atoms with E-state index in [0.717, 1.165) is 5.19 Å². The van der Waals surface area contributed by atoms with Crippen molar-refractivity contribution in [1.29, 1.82) is 0 Å². The van der Waals surface area contributed by atoms with E-state index in [-0.39, 0.29) is 0 Å². The Kier molecular flexibility index (Phi) is 12.6. The summed E-state index contributed by atoms with van der Waals surface area (Å²) in [5.41, 5.74) is 0. The van der Waals surface area contributed by atoms with E-state index in [1.807, 2.05) is 51.1 Å². The summed E-state index contributed by atoms with van der Waals surface area (Å²) >= 11 is 0. The van der Waals surface area contributed by atoms with Crippen molar-refractivity contribution >= 4 is 22.1 Å². The van der Waals surface area contributed by atoms with Crippen LogP contribution in [0.2, 0.25) is 24.7 Å². The summed E-state index contributed by atoms with van der Waals surface area (Å²) in [5, 5.41) is 1.03. The summed E-state index contributed by atoms with van der Waals surface area (Å²) in [4.78, 5) is 0. The fraction of sp³-hybridized carbons (Fsp3) is 0.684. The molecule has 0 aliphatic rings. The highest BCUT2D eigenvalue weighted by Crippen LogP contribution is 2.18. The first-order valence-electron chi connectivity index (χ1n) is 9.44. The summed E-state index contributed by atoms with van der Waals surface area (Å²) in [6.07, 6.45) is 0. The average Bonchev–Trinajstić information content (AvgIpc) is 2.63. The molecule has 0 bridgehead atoms. The van der Waals surface area contributed by atoms with Gasteiger partial charge in [0.15, 0.2) is 0 Å². The standard InChI is InChI=1S/C12H20O3Si.C7H18Si/c1-4-13-16(14-5-2,15-6-3)12-10-8-7-9-11-12;1-5-8(4,6-2)7-3/h7-11H,4-6H2,1-3H3;5-7H2,1-4H3. The molecule has 0 heterocycles. The molecule has 1 aromatic carbocycles. The molecule has 140 valence electrons. The molecule has 24 heavy (non-hydrogen) atoms. The second kappa shape index (κ2) is 12.8. The van der Waals surface area contributed by atoms with E-state index in [4.69, 9.17) is 13.3 Å². The molecule has 3 nitrogen and oxygen atoms in total. The molecular weight excluding hydrogens is 332 g/mol. The lowest BCUT2D eigenvalue weighted by atomic mass is 10.4. The molecule has 5 heteroatoms. The topological polar surface area (TPSA) is 27.7 Å². The first-order valence-corrected chi connectivity index (χ1v) is 14.3. The van der Waals surface area contributed by atoms with Gasteiger partial charge in [-0.1, -0.05) is 75.8 Å². The van der Waals surface area contributed by atoms with E-state index in [0.29, 0.717) is 19.8 Å². The highest BCUT2D eigenvalue weighted by Gasteiger charge is 2.42. The van der Waals surface area contributed by atoms with Crippen LogP contribution in [0.25, 0.3) is 0 Å². The van der Waals surface area contributed by atoms with Crippen LogP contribution >= 0.6 is 0 Å². The predicted molar refractivity (Wildman–Crippen MR) is 110 cm³/mol. The maximum absolute atomic E-state index is 5.79. The molecule has 0 amide bonds. The minimum Gasteiger partial charge on any atom is -0.370 e. The highest BCUT2D eigenvalue weighted by molar-refractivity contribution is 6.78. The zero-order valence-corrected chi connectivity index (χ0v) is 18.9. The first kappa shape index (κ1) is 23.5. The van der Waals surface area contributed by atoms with Gasteiger partial charge >= 0.3 is 8.80 Å². The molecule has 0 radical (unpaired) electrons. The molecule has 0 fully saturated rings.